The third kappa shape index (κ3) is 4.67. The molecule has 0 spiro atoms. The van der Waals surface area contributed by atoms with Crippen LogP contribution in [0.5, 0.6) is 0 Å². The van der Waals surface area contributed by atoms with Crippen LogP contribution in [0.4, 0.5) is 5.69 Å². The van der Waals surface area contributed by atoms with E-state index in [4.69, 9.17) is 16.3 Å². The highest BCUT2D eigenvalue weighted by atomic mass is 35.5. The van der Waals surface area contributed by atoms with Crippen LogP contribution in [0.25, 0.3) is 0 Å². The lowest BCUT2D eigenvalue weighted by Crippen LogP contribution is -2.24. The number of hydrogen-bond acceptors (Lipinski definition) is 5. The number of carbonyl (C=O) groups excluding carboxylic acids is 2. The van der Waals surface area contributed by atoms with E-state index in [0.717, 1.165) is 16.6 Å². The van der Waals surface area contributed by atoms with E-state index in [2.05, 4.69) is 5.32 Å². The molecule has 2 fully saturated rings. The van der Waals surface area contributed by atoms with Gasteiger partial charge < -0.3 is 10.1 Å². The van der Waals surface area contributed by atoms with Gasteiger partial charge in [0, 0.05) is 26.2 Å². The molecule has 0 unspecified atom stereocenters. The number of sulfonamides is 1. The highest BCUT2D eigenvalue weighted by Crippen LogP contribution is 2.49. The zero-order chi connectivity index (χ0) is 20.5. The first kappa shape index (κ1) is 21.1. The fourth-order valence-corrected chi connectivity index (χ4v) is 5.61. The number of ether oxygens (including phenoxy) is 1. The smallest absolute Gasteiger partial charge is 0.306 e. The van der Waals surface area contributed by atoms with Crippen LogP contribution >= 0.6 is 11.6 Å². The first-order valence-electron chi connectivity index (χ1n) is 9.34. The van der Waals surface area contributed by atoms with Crippen molar-refractivity contribution in [2.75, 3.05) is 26.0 Å². The number of rotatable bonds is 7. The molecular formula is C19H25ClN2O5S. The third-order valence-corrected chi connectivity index (χ3v) is 7.95. The molecule has 3 atom stereocenters. The number of esters is 1. The van der Waals surface area contributed by atoms with Crippen LogP contribution in [-0.4, -0.2) is 45.3 Å². The van der Waals surface area contributed by atoms with Crippen molar-refractivity contribution in [2.24, 2.45) is 17.8 Å². The Bertz CT molecular complexity index is 871. The number of fused-ring (bicyclic) bond motifs is 2. The fourth-order valence-electron chi connectivity index (χ4n) is 4.22. The Labute approximate surface area is 170 Å². The van der Waals surface area contributed by atoms with E-state index in [1.807, 2.05) is 0 Å². The van der Waals surface area contributed by atoms with Gasteiger partial charge in [0.1, 0.15) is 4.90 Å². The van der Waals surface area contributed by atoms with Gasteiger partial charge in [-0.2, -0.15) is 0 Å². The Balaban J connectivity index is 1.53. The molecule has 2 aliphatic rings. The lowest BCUT2D eigenvalue weighted by molar-refractivity contribution is -0.148. The predicted octanol–water partition coefficient (Wildman–Crippen LogP) is 2.90. The summed E-state index contributed by atoms with van der Waals surface area (Å²) in [6, 6.07) is 4.17. The highest BCUT2D eigenvalue weighted by molar-refractivity contribution is 7.89. The molecule has 2 saturated carbocycles. The summed E-state index contributed by atoms with van der Waals surface area (Å²) in [5.74, 6) is 0.863. The highest BCUT2D eigenvalue weighted by Gasteiger charge is 2.40. The van der Waals surface area contributed by atoms with Crippen molar-refractivity contribution in [1.82, 2.24) is 4.31 Å². The van der Waals surface area contributed by atoms with E-state index >= 15 is 0 Å². The number of hydrogen-bond donors (Lipinski definition) is 1. The topological polar surface area (TPSA) is 92.8 Å². The normalized spacial score (nSPS) is 23.8. The first-order valence-corrected chi connectivity index (χ1v) is 11.2. The Kier molecular flexibility index (Phi) is 6.31. The molecule has 3 rings (SSSR count). The minimum absolute atomic E-state index is 0.0592. The van der Waals surface area contributed by atoms with Gasteiger partial charge in [0.05, 0.1) is 5.02 Å². The number of nitrogens with one attached hydrogen (secondary N) is 1. The summed E-state index contributed by atoms with van der Waals surface area (Å²) in [5, 5.41) is 2.60. The number of halogens is 1. The average molecular weight is 429 g/mol. The van der Waals surface area contributed by atoms with Gasteiger partial charge in [-0.3, -0.25) is 9.59 Å². The molecule has 1 aromatic carbocycles. The van der Waals surface area contributed by atoms with Crippen molar-refractivity contribution in [3.05, 3.63) is 23.2 Å². The molecule has 1 amide bonds. The maximum absolute atomic E-state index is 12.3. The Morgan fingerprint density at radius 1 is 1.25 bits per heavy atom. The zero-order valence-electron chi connectivity index (χ0n) is 16.0. The molecule has 0 saturated heterocycles. The molecule has 0 radical (unpaired) electrons. The molecule has 7 nitrogen and oxygen atoms in total. The predicted molar refractivity (Wildman–Crippen MR) is 105 cm³/mol. The van der Waals surface area contributed by atoms with E-state index < -0.39 is 22.5 Å². The van der Waals surface area contributed by atoms with Crippen molar-refractivity contribution < 1.29 is 22.7 Å². The van der Waals surface area contributed by atoms with Crippen molar-refractivity contribution >= 4 is 39.2 Å². The number of carbonyl (C=O) groups is 2. The first-order chi connectivity index (χ1) is 13.2. The van der Waals surface area contributed by atoms with Gasteiger partial charge in [-0.05, 0) is 55.2 Å². The lowest BCUT2D eigenvalue weighted by Gasteiger charge is -2.20. The Morgan fingerprint density at radius 2 is 2.00 bits per heavy atom. The van der Waals surface area contributed by atoms with Crippen molar-refractivity contribution in [1.29, 1.82) is 0 Å². The molecule has 28 heavy (non-hydrogen) atoms. The van der Waals surface area contributed by atoms with Gasteiger partial charge in [0.2, 0.25) is 10.0 Å². The van der Waals surface area contributed by atoms with Gasteiger partial charge in [0.15, 0.2) is 6.61 Å². The standard InChI is InChI=1S/C19H25ClN2O5S/c1-22(2)28(25,26)17-10-15(5-6-16(17)20)21-18(23)11-27-19(24)9-14-8-12-3-4-13(14)7-12/h5-6,10,12-14H,3-4,7-9,11H2,1-2H3,(H,21,23)/t12-,13-,14-/m0/s1. The van der Waals surface area contributed by atoms with Crippen LogP contribution in [0.2, 0.25) is 5.02 Å². The largest absolute Gasteiger partial charge is 0.456 e. The van der Waals surface area contributed by atoms with Crippen LogP contribution in [0.3, 0.4) is 0 Å². The second-order valence-electron chi connectivity index (χ2n) is 7.78. The SMILES string of the molecule is CN(C)S(=O)(=O)c1cc(NC(=O)COC(=O)C[C@@H]2C[C@H]3CC[C@H]2C3)ccc1Cl. The van der Waals surface area contributed by atoms with Gasteiger partial charge in [-0.1, -0.05) is 18.0 Å². The lowest BCUT2D eigenvalue weighted by atomic mass is 9.86. The summed E-state index contributed by atoms with van der Waals surface area (Å²) in [4.78, 5) is 24.0. The maximum Gasteiger partial charge on any atom is 0.306 e. The molecule has 154 valence electrons. The van der Waals surface area contributed by atoms with Crippen LogP contribution in [0, 0.1) is 17.8 Å². The van der Waals surface area contributed by atoms with Crippen LogP contribution in [-0.2, 0) is 24.3 Å². The number of anilines is 1. The maximum atomic E-state index is 12.3. The van der Waals surface area contributed by atoms with E-state index in [-0.39, 0.29) is 21.6 Å². The molecule has 1 aromatic rings. The molecule has 2 bridgehead atoms. The second-order valence-corrected chi connectivity index (χ2v) is 10.3. The van der Waals surface area contributed by atoms with Crippen LogP contribution in [0.15, 0.2) is 23.1 Å². The molecule has 9 heteroatoms. The summed E-state index contributed by atoms with van der Waals surface area (Å²) in [6.07, 6.45) is 5.12. The Hall–Kier alpha value is -1.64. The van der Waals surface area contributed by atoms with E-state index in [1.54, 1.807) is 0 Å². The van der Waals surface area contributed by atoms with E-state index in [1.165, 1.54) is 51.6 Å². The van der Waals surface area contributed by atoms with Crippen LogP contribution < -0.4 is 5.32 Å². The van der Waals surface area contributed by atoms with Gasteiger partial charge in [-0.15, -0.1) is 0 Å². The van der Waals surface area contributed by atoms with Gasteiger partial charge in [0.25, 0.3) is 5.91 Å². The average Bonchev–Trinajstić information content (AvgIpc) is 3.24. The van der Waals surface area contributed by atoms with Gasteiger partial charge in [-0.25, -0.2) is 12.7 Å². The molecular weight excluding hydrogens is 404 g/mol. The summed E-state index contributed by atoms with van der Waals surface area (Å²) in [5.41, 5.74) is 0.263. The molecule has 2 aliphatic carbocycles. The molecule has 0 aliphatic heterocycles. The quantitative estimate of drug-likeness (QED) is 0.674. The monoisotopic (exact) mass is 428 g/mol. The minimum Gasteiger partial charge on any atom is -0.456 e. The number of nitrogens with zero attached hydrogens (tertiary/aromatic N) is 1. The van der Waals surface area contributed by atoms with E-state index in [0.29, 0.717) is 18.3 Å². The van der Waals surface area contributed by atoms with Crippen molar-refractivity contribution in [2.45, 2.75) is 37.0 Å². The summed E-state index contributed by atoms with van der Waals surface area (Å²) < 4.78 is 30.7. The number of amides is 1. The van der Waals surface area contributed by atoms with Crippen molar-refractivity contribution in [3.63, 3.8) is 0 Å². The molecule has 0 heterocycles. The summed E-state index contributed by atoms with van der Waals surface area (Å²) >= 11 is 5.98. The van der Waals surface area contributed by atoms with Crippen LogP contribution in [0.1, 0.15) is 32.1 Å². The van der Waals surface area contributed by atoms with Gasteiger partial charge >= 0.3 is 5.97 Å². The number of benzene rings is 1. The Morgan fingerprint density at radius 3 is 2.61 bits per heavy atom. The fraction of sp³-hybridized carbons (Fsp3) is 0.579. The summed E-state index contributed by atoms with van der Waals surface area (Å²) in [7, 11) is -0.954. The van der Waals surface area contributed by atoms with Crippen molar-refractivity contribution in [3.8, 4) is 0 Å². The zero-order valence-corrected chi connectivity index (χ0v) is 17.6. The summed E-state index contributed by atoms with van der Waals surface area (Å²) in [6.45, 7) is -0.405. The van der Waals surface area contributed by atoms with E-state index in [9.17, 15) is 18.0 Å². The molecule has 0 aromatic heterocycles. The second kappa shape index (κ2) is 8.39. The minimum atomic E-state index is -3.74. The molecule has 1 N–H and O–H groups in total. The third-order valence-electron chi connectivity index (χ3n) is 5.65.